The van der Waals surface area contributed by atoms with Gasteiger partial charge in [-0.2, -0.15) is 0 Å². The van der Waals surface area contributed by atoms with E-state index in [-0.39, 0.29) is 38.5 Å². The van der Waals surface area contributed by atoms with E-state index in [2.05, 4.69) is 10.6 Å². The zero-order valence-electron chi connectivity index (χ0n) is 17.5. The third-order valence-electron chi connectivity index (χ3n) is 5.05. The summed E-state index contributed by atoms with van der Waals surface area (Å²) in [5.41, 5.74) is 0. The minimum atomic E-state index is 0. The number of carbonyl (C=O) groups excluding carboxylic acids is 3. The fourth-order valence-electron chi connectivity index (χ4n) is 3.26. The topological polar surface area (TPSA) is 84.5 Å². The van der Waals surface area contributed by atoms with Crippen molar-refractivity contribution in [1.82, 2.24) is 10.6 Å². The van der Waals surface area contributed by atoms with Crippen molar-refractivity contribution in [1.29, 1.82) is 0 Å². The normalized spacial score (nSPS) is 19.9. The van der Waals surface area contributed by atoms with Gasteiger partial charge >= 0.3 is 0 Å². The molecule has 6 nitrogen and oxygen atoms in total. The molecule has 160 valence electrons. The lowest BCUT2D eigenvalue weighted by Gasteiger charge is -2.29. The van der Waals surface area contributed by atoms with Gasteiger partial charge in [0.05, 0.1) is 12.7 Å². The van der Waals surface area contributed by atoms with Crippen LogP contribution >= 0.6 is 0 Å². The van der Waals surface area contributed by atoms with E-state index >= 15 is 0 Å². The first kappa shape index (κ1) is 23.6. The van der Waals surface area contributed by atoms with Gasteiger partial charge in [-0.05, 0) is 51.9 Å². The molecule has 0 spiro atoms. The number of hydrogen-bond donors (Lipinski definition) is 2. The zero-order valence-corrected chi connectivity index (χ0v) is 17.5. The summed E-state index contributed by atoms with van der Waals surface area (Å²) in [6, 6.07) is 0.227. The Bertz CT molecular complexity index is 479. The second-order valence-corrected chi connectivity index (χ2v) is 8.23. The lowest BCUT2D eigenvalue weighted by Crippen LogP contribution is -2.39. The second kappa shape index (κ2) is 12.9. The molecule has 0 heterocycles. The molecule has 1 fully saturated rings. The van der Waals surface area contributed by atoms with Crippen LogP contribution < -0.4 is 10.6 Å². The predicted molar refractivity (Wildman–Crippen MR) is 111 cm³/mol. The molecule has 0 aliphatic heterocycles. The number of nitrogens with one attached hydrogen (secondary N) is 2. The lowest BCUT2D eigenvalue weighted by atomic mass is 9.86. The molecule has 0 aromatic rings. The molecular weight excluding hydrogens is 344 g/mol. The highest BCUT2D eigenvalue weighted by atomic mass is 16.5. The molecule has 1 saturated carbocycles. The highest BCUT2D eigenvalue weighted by molar-refractivity contribution is 5.81. The van der Waals surface area contributed by atoms with E-state index in [1.54, 1.807) is 0 Å². The summed E-state index contributed by atoms with van der Waals surface area (Å²) in [7, 11) is 0. The Morgan fingerprint density at radius 1 is 0.963 bits per heavy atom. The summed E-state index contributed by atoms with van der Waals surface area (Å²) in [5.74, 6) is 0.847. The van der Waals surface area contributed by atoms with Crippen LogP contribution in [0, 0.1) is 11.8 Å². The van der Waals surface area contributed by atoms with Gasteiger partial charge in [-0.25, -0.2) is 0 Å². The molecule has 0 radical (unpaired) electrons. The van der Waals surface area contributed by atoms with E-state index in [0.29, 0.717) is 44.8 Å². The van der Waals surface area contributed by atoms with E-state index < -0.39 is 0 Å². The van der Waals surface area contributed by atoms with Crippen LogP contribution in [0.4, 0.5) is 0 Å². The third-order valence-corrected chi connectivity index (χ3v) is 5.05. The first-order chi connectivity index (χ1) is 12.8. The quantitative estimate of drug-likeness (QED) is 0.538. The van der Waals surface area contributed by atoms with Crippen LogP contribution in [-0.2, 0) is 19.1 Å². The molecule has 2 N–H and O–H groups in total. The summed E-state index contributed by atoms with van der Waals surface area (Å²) >= 11 is 0. The molecular formula is C21H42N2O4. The van der Waals surface area contributed by atoms with Crippen LogP contribution in [0.15, 0.2) is 0 Å². The number of hydrogen-bond acceptors (Lipinski definition) is 4. The number of carbonyl (C=O) groups is 3. The van der Waals surface area contributed by atoms with Crippen molar-refractivity contribution in [2.75, 3.05) is 13.2 Å². The van der Waals surface area contributed by atoms with Crippen LogP contribution in [-0.4, -0.2) is 42.9 Å². The predicted octanol–water partition coefficient (Wildman–Crippen LogP) is 3.48. The van der Waals surface area contributed by atoms with Crippen LogP contribution in [0.3, 0.4) is 0 Å². The molecule has 0 aromatic heterocycles. The number of ether oxygens (including phenoxy) is 1. The maximum absolute atomic E-state index is 12.0. The SMILES string of the molecule is CC(C)OCCC(=O)NCC1CCC(NC(=O)CCCC(=O)C(C)C)CC1.[HH].[HH]. The van der Waals surface area contributed by atoms with Crippen LogP contribution in [0.2, 0.25) is 0 Å². The first-order valence-electron chi connectivity index (χ1n) is 10.5. The molecule has 0 unspecified atom stereocenters. The Hall–Kier alpha value is -1.43. The van der Waals surface area contributed by atoms with Crippen molar-refractivity contribution in [2.24, 2.45) is 11.8 Å². The van der Waals surface area contributed by atoms with Crippen molar-refractivity contribution < 1.29 is 22.0 Å². The van der Waals surface area contributed by atoms with E-state index in [0.717, 1.165) is 25.7 Å². The number of rotatable bonds is 12. The minimum Gasteiger partial charge on any atom is -0.378 e. The summed E-state index contributed by atoms with van der Waals surface area (Å²) < 4.78 is 5.39. The minimum absolute atomic E-state index is 0. The van der Waals surface area contributed by atoms with Gasteiger partial charge in [-0.3, -0.25) is 14.4 Å². The van der Waals surface area contributed by atoms with Crippen molar-refractivity contribution in [3.05, 3.63) is 0 Å². The van der Waals surface area contributed by atoms with Crippen LogP contribution in [0.25, 0.3) is 0 Å². The van der Waals surface area contributed by atoms with Crippen molar-refractivity contribution >= 4 is 17.6 Å². The van der Waals surface area contributed by atoms with E-state index in [1.807, 2.05) is 27.7 Å². The standard InChI is InChI=1S/C21H38N2O4.2H2/c1-15(2)19(24)6-5-7-21(26)23-18-10-8-17(9-11-18)14-22-20(25)12-13-27-16(3)4;;/h15-18H,5-14H2,1-4H3,(H,22,25)(H,23,26);2*1H. The first-order valence-corrected chi connectivity index (χ1v) is 10.5. The summed E-state index contributed by atoms with van der Waals surface area (Å²) in [5, 5.41) is 6.08. The van der Waals surface area contributed by atoms with Gasteiger partial charge in [-0.1, -0.05) is 13.8 Å². The maximum Gasteiger partial charge on any atom is 0.222 e. The number of amides is 2. The van der Waals surface area contributed by atoms with Crippen molar-refractivity contribution in [3.63, 3.8) is 0 Å². The maximum atomic E-state index is 12.0. The lowest BCUT2D eigenvalue weighted by molar-refractivity contribution is -0.124. The average Bonchev–Trinajstić information content (AvgIpc) is 2.60. The van der Waals surface area contributed by atoms with Gasteiger partial charge in [0.15, 0.2) is 0 Å². The fourth-order valence-corrected chi connectivity index (χ4v) is 3.26. The Kier molecular flexibility index (Phi) is 11.3. The van der Waals surface area contributed by atoms with E-state index in [4.69, 9.17) is 4.74 Å². The van der Waals surface area contributed by atoms with Crippen LogP contribution in [0.5, 0.6) is 0 Å². The summed E-state index contributed by atoms with van der Waals surface area (Å²) in [4.78, 5) is 35.4. The van der Waals surface area contributed by atoms with Gasteiger partial charge in [0.2, 0.25) is 11.8 Å². The van der Waals surface area contributed by atoms with E-state index in [9.17, 15) is 14.4 Å². The molecule has 1 aliphatic rings. The molecule has 6 heteroatoms. The number of Topliss-reactive ketones (excluding diaryl/α,β-unsaturated/α-hetero) is 1. The number of ketones is 1. The Morgan fingerprint density at radius 3 is 2.22 bits per heavy atom. The summed E-state index contributed by atoms with van der Waals surface area (Å²) in [6.45, 7) is 8.87. The highest BCUT2D eigenvalue weighted by Gasteiger charge is 2.22. The molecule has 1 rings (SSSR count). The fraction of sp³-hybridized carbons (Fsp3) is 0.857. The zero-order chi connectivity index (χ0) is 20.2. The Labute approximate surface area is 167 Å². The molecule has 1 aliphatic carbocycles. The molecule has 27 heavy (non-hydrogen) atoms. The van der Waals surface area contributed by atoms with Crippen molar-refractivity contribution in [2.45, 2.75) is 91.2 Å². The largest absolute Gasteiger partial charge is 0.378 e. The second-order valence-electron chi connectivity index (χ2n) is 8.23. The van der Waals surface area contributed by atoms with E-state index in [1.165, 1.54) is 0 Å². The molecule has 0 bridgehead atoms. The molecule has 0 atom stereocenters. The van der Waals surface area contributed by atoms with Gasteiger partial charge in [0.25, 0.3) is 0 Å². The van der Waals surface area contributed by atoms with Crippen LogP contribution in [0.1, 0.15) is 81.9 Å². The monoisotopic (exact) mass is 386 g/mol. The molecule has 0 aromatic carbocycles. The van der Waals surface area contributed by atoms with Crippen molar-refractivity contribution in [3.8, 4) is 0 Å². The van der Waals surface area contributed by atoms with Gasteiger partial charge in [0.1, 0.15) is 5.78 Å². The summed E-state index contributed by atoms with van der Waals surface area (Å²) in [6.07, 6.45) is 6.03. The molecule has 0 saturated heterocycles. The van der Waals surface area contributed by atoms with Gasteiger partial charge in [0, 0.05) is 40.6 Å². The highest BCUT2D eigenvalue weighted by Crippen LogP contribution is 2.24. The average molecular weight is 387 g/mol. The van der Waals surface area contributed by atoms with Gasteiger partial charge < -0.3 is 15.4 Å². The Morgan fingerprint density at radius 2 is 1.63 bits per heavy atom. The molecule has 2 amide bonds. The third kappa shape index (κ3) is 11.1. The smallest absolute Gasteiger partial charge is 0.222 e. The van der Waals surface area contributed by atoms with Gasteiger partial charge in [-0.15, -0.1) is 0 Å². The Balaban J connectivity index is 0.